The van der Waals surface area contributed by atoms with E-state index in [2.05, 4.69) is 11.9 Å². The van der Waals surface area contributed by atoms with E-state index >= 15 is 0 Å². The van der Waals surface area contributed by atoms with E-state index in [1.165, 1.54) is 12.8 Å². The average Bonchev–Trinajstić information content (AvgIpc) is 3.51. The Hall–Kier alpha value is -1.65. The van der Waals surface area contributed by atoms with E-state index in [-0.39, 0.29) is 6.42 Å². The number of hydrogen-bond acceptors (Lipinski definition) is 1. The van der Waals surface area contributed by atoms with Crippen LogP contribution in [0, 0.1) is 5.92 Å². The van der Waals surface area contributed by atoms with Crippen molar-refractivity contribution >= 4 is 35.0 Å². The molecule has 1 saturated carbocycles. The van der Waals surface area contributed by atoms with Crippen LogP contribution in [0.1, 0.15) is 42.9 Å². The number of nitrogens with one attached hydrogen (secondary N) is 1. The first-order valence-corrected chi connectivity index (χ1v) is 10.7. The fourth-order valence-corrected chi connectivity index (χ4v) is 3.82. The van der Waals surface area contributed by atoms with Gasteiger partial charge in [0.15, 0.2) is 12.4 Å². The van der Waals surface area contributed by atoms with Crippen LogP contribution in [0.25, 0.3) is 6.08 Å². The van der Waals surface area contributed by atoms with Gasteiger partial charge in [-0.3, -0.25) is 0 Å². The second-order valence-corrected chi connectivity index (χ2v) is 8.03. The van der Waals surface area contributed by atoms with E-state index in [4.69, 9.17) is 23.2 Å². The van der Waals surface area contributed by atoms with E-state index in [1.807, 2.05) is 42.1 Å². The van der Waals surface area contributed by atoms with Crippen molar-refractivity contribution in [3.63, 3.8) is 0 Å². The monoisotopic (exact) mass is 441 g/mol. The summed E-state index contributed by atoms with van der Waals surface area (Å²) in [6.45, 7) is 6.62. The van der Waals surface area contributed by atoms with Gasteiger partial charge in [0, 0.05) is 13.5 Å². The number of hydrogen-bond donors (Lipinski definition) is 1. The lowest BCUT2D eigenvalue weighted by molar-refractivity contribution is -0.693. The number of halogens is 4. The van der Waals surface area contributed by atoms with Gasteiger partial charge in [0.1, 0.15) is 16.6 Å². The van der Waals surface area contributed by atoms with E-state index < -0.39 is 6.43 Å². The maximum absolute atomic E-state index is 12.5. The number of pyridine rings is 1. The fourth-order valence-electron chi connectivity index (χ4n) is 3.13. The summed E-state index contributed by atoms with van der Waals surface area (Å²) < 4.78 is 26.9. The number of aryl methyl sites for hydroxylation is 2. The zero-order chi connectivity index (χ0) is 21.4. The molecule has 3 rings (SSSR count). The van der Waals surface area contributed by atoms with Crippen LogP contribution in [0.3, 0.4) is 0 Å². The summed E-state index contributed by atoms with van der Waals surface area (Å²) in [6.07, 6.45) is 7.76. The minimum atomic E-state index is -2.26. The molecule has 1 fully saturated rings. The highest BCUT2D eigenvalue weighted by atomic mass is 35.5. The van der Waals surface area contributed by atoms with Crippen LogP contribution >= 0.6 is 23.2 Å². The molecular formula is C23H29Cl2F2N2+. The zero-order valence-corrected chi connectivity index (χ0v) is 18.5. The predicted octanol–water partition coefficient (Wildman–Crippen LogP) is 6.82. The van der Waals surface area contributed by atoms with Gasteiger partial charge in [-0.2, -0.15) is 0 Å². The third-order valence-corrected chi connectivity index (χ3v) is 5.58. The van der Waals surface area contributed by atoms with Gasteiger partial charge in [-0.05, 0) is 42.4 Å². The summed E-state index contributed by atoms with van der Waals surface area (Å²) in [5.41, 5.74) is 3.68. The average molecular weight is 442 g/mol. The molecule has 6 heteroatoms. The van der Waals surface area contributed by atoms with Crippen molar-refractivity contribution in [1.29, 1.82) is 0 Å². The largest absolute Gasteiger partial charge is 0.385 e. The van der Waals surface area contributed by atoms with Crippen LogP contribution in [0.5, 0.6) is 0 Å². The highest BCUT2D eigenvalue weighted by Gasteiger charge is 2.21. The molecule has 0 atom stereocenters. The second-order valence-electron chi connectivity index (χ2n) is 7.22. The van der Waals surface area contributed by atoms with Crippen molar-refractivity contribution in [1.82, 2.24) is 0 Å². The minimum Gasteiger partial charge on any atom is -0.385 e. The van der Waals surface area contributed by atoms with Crippen molar-refractivity contribution in [2.75, 3.05) is 12.4 Å². The van der Waals surface area contributed by atoms with Gasteiger partial charge in [-0.1, -0.05) is 66.9 Å². The first-order valence-electron chi connectivity index (χ1n) is 9.96. The van der Waals surface area contributed by atoms with Crippen molar-refractivity contribution in [2.45, 2.75) is 52.0 Å². The van der Waals surface area contributed by atoms with Crippen LogP contribution in [0.15, 0.2) is 37.2 Å². The van der Waals surface area contributed by atoms with Gasteiger partial charge < -0.3 is 5.32 Å². The Morgan fingerprint density at radius 1 is 1.21 bits per heavy atom. The van der Waals surface area contributed by atoms with Crippen molar-refractivity contribution in [3.05, 3.63) is 63.9 Å². The first-order chi connectivity index (χ1) is 13.9. The molecule has 0 aliphatic heterocycles. The maximum Gasteiger partial charge on any atom is 0.242 e. The highest BCUT2D eigenvalue weighted by molar-refractivity contribution is 6.38. The molecule has 1 aliphatic carbocycles. The summed E-state index contributed by atoms with van der Waals surface area (Å²) in [4.78, 5) is 0. The van der Waals surface area contributed by atoms with E-state index in [0.29, 0.717) is 10.0 Å². The van der Waals surface area contributed by atoms with Crippen LogP contribution in [-0.4, -0.2) is 13.5 Å². The van der Waals surface area contributed by atoms with Crippen LogP contribution in [0.4, 0.5) is 14.5 Å². The van der Waals surface area contributed by atoms with Crippen LogP contribution in [-0.2, 0) is 19.4 Å². The number of anilines is 1. The summed E-state index contributed by atoms with van der Waals surface area (Å²) >= 11 is 11.9. The Balaban J connectivity index is 0.000000221. The summed E-state index contributed by atoms with van der Waals surface area (Å²) in [6, 6.07) is 5.70. The van der Waals surface area contributed by atoms with Gasteiger partial charge in [0.05, 0.1) is 5.69 Å². The molecule has 1 N–H and O–H groups in total. The Labute approximate surface area is 182 Å². The molecule has 0 bridgehead atoms. The van der Waals surface area contributed by atoms with Crippen molar-refractivity contribution < 1.29 is 13.3 Å². The van der Waals surface area contributed by atoms with Gasteiger partial charge in [0.25, 0.3) is 0 Å². The van der Waals surface area contributed by atoms with Crippen LogP contribution < -0.4 is 9.88 Å². The molecule has 2 nitrogen and oxygen atoms in total. The minimum absolute atomic E-state index is 0.128. The SMILES string of the molecule is C=Cc1ccc(CC(F)F)c(CCC2CC2)c1.CC[n+]1cc(Cl)c(NC)c(Cl)c1. The Kier molecular flexibility index (Phi) is 9.38. The molecule has 0 spiro atoms. The standard InChI is InChI=1S/C15H18F2.C8H10Cl2N2/c1-2-11-5-7-14(10-15(16)17)13(9-11)8-6-12-3-4-12;1-3-12-4-6(9)8(11-2)7(10)5-12/h2,5,7,9,12,15H,1,3-4,6,8,10H2;4-5H,3H2,1-2H3/p+1. The predicted molar refractivity (Wildman–Crippen MR) is 119 cm³/mol. The zero-order valence-electron chi connectivity index (χ0n) is 17.0. The molecule has 0 amide bonds. The number of aromatic nitrogens is 1. The lowest BCUT2D eigenvalue weighted by atomic mass is 9.97. The number of nitrogens with zero attached hydrogens (tertiary/aromatic N) is 1. The quantitative estimate of drug-likeness (QED) is 0.444. The normalized spacial score (nSPS) is 13.1. The van der Waals surface area contributed by atoms with E-state index in [9.17, 15) is 8.78 Å². The Bertz CT molecular complexity index is 798. The summed E-state index contributed by atoms with van der Waals surface area (Å²) in [5.74, 6) is 0.835. The third-order valence-electron chi connectivity index (χ3n) is 5.01. The molecule has 29 heavy (non-hydrogen) atoms. The number of benzene rings is 1. The Morgan fingerprint density at radius 3 is 2.34 bits per heavy atom. The molecule has 0 unspecified atom stereocenters. The fraction of sp³-hybridized carbons (Fsp3) is 0.435. The number of rotatable bonds is 8. The summed E-state index contributed by atoms with van der Waals surface area (Å²) in [7, 11) is 1.80. The lowest BCUT2D eigenvalue weighted by Gasteiger charge is -2.10. The number of alkyl halides is 2. The van der Waals surface area contributed by atoms with Crippen LogP contribution in [0.2, 0.25) is 10.0 Å². The Morgan fingerprint density at radius 2 is 1.86 bits per heavy atom. The van der Waals surface area contributed by atoms with Gasteiger partial charge in [-0.15, -0.1) is 0 Å². The van der Waals surface area contributed by atoms with Crippen molar-refractivity contribution in [2.24, 2.45) is 5.92 Å². The van der Waals surface area contributed by atoms with Gasteiger partial charge in [-0.25, -0.2) is 13.3 Å². The smallest absolute Gasteiger partial charge is 0.242 e. The van der Waals surface area contributed by atoms with E-state index in [0.717, 1.165) is 47.7 Å². The molecule has 1 aromatic carbocycles. The lowest BCUT2D eigenvalue weighted by Crippen LogP contribution is -2.31. The molecular weight excluding hydrogens is 413 g/mol. The van der Waals surface area contributed by atoms with Gasteiger partial charge in [0.2, 0.25) is 6.43 Å². The molecule has 0 saturated heterocycles. The maximum atomic E-state index is 12.5. The van der Waals surface area contributed by atoms with E-state index in [1.54, 1.807) is 13.1 Å². The molecule has 1 aliphatic rings. The summed E-state index contributed by atoms with van der Waals surface area (Å²) in [5, 5.41) is 4.23. The first kappa shape index (κ1) is 23.6. The molecule has 2 aromatic rings. The molecule has 1 aromatic heterocycles. The molecule has 158 valence electrons. The third kappa shape index (κ3) is 7.60. The highest BCUT2D eigenvalue weighted by Crippen LogP contribution is 2.34. The topological polar surface area (TPSA) is 15.9 Å². The van der Waals surface area contributed by atoms with Crippen molar-refractivity contribution in [3.8, 4) is 0 Å². The molecule has 1 heterocycles. The second kappa shape index (κ2) is 11.5. The van der Waals surface area contributed by atoms with Gasteiger partial charge >= 0.3 is 0 Å². The molecule has 0 radical (unpaired) electrons.